The van der Waals surface area contributed by atoms with Crippen molar-refractivity contribution in [1.29, 1.82) is 0 Å². The van der Waals surface area contributed by atoms with Gasteiger partial charge in [0.25, 0.3) is 0 Å². The lowest BCUT2D eigenvalue weighted by molar-refractivity contribution is -0.173. The van der Waals surface area contributed by atoms with Crippen molar-refractivity contribution < 1.29 is 110 Å². The van der Waals surface area contributed by atoms with E-state index >= 15 is 0 Å². The Kier molecular flexibility index (Phi) is 29.7. The number of ether oxygens (including phenoxy) is 10. The van der Waals surface area contributed by atoms with E-state index in [0.29, 0.717) is 59.7 Å². The molecule has 23 nitrogen and oxygen atoms in total. The first kappa shape index (κ1) is 66.3. The van der Waals surface area contributed by atoms with Crippen molar-refractivity contribution in [3.05, 3.63) is 85.1 Å². The SMILES string of the molecule is C=C(C)C(=O)O.C=C(C)C(=O)OC.C=C(C)C(=O)OC1C2CC3C(=O)OC1C3C2.C=C(C)C(=O)OC1CCC(=O)O1.C=C(C)C(=O)OC1CCOC1=O.C=C(C)C(=O)OC1COC(=O)C1.C=C(C)C(=O)OCCO. The number of carbonyl (C=O) groups is 11. The first-order valence-corrected chi connectivity index (χ1v) is 22.6. The van der Waals surface area contributed by atoms with Gasteiger partial charge in [-0.2, -0.15) is 0 Å². The van der Waals surface area contributed by atoms with E-state index < -0.39 is 54.3 Å². The quantitative estimate of drug-likeness (QED) is 0.149. The molecule has 74 heavy (non-hydrogen) atoms. The van der Waals surface area contributed by atoms with Gasteiger partial charge in [0, 0.05) is 63.7 Å². The van der Waals surface area contributed by atoms with Crippen LogP contribution in [0.1, 0.15) is 87.0 Å². The lowest BCUT2D eigenvalue weighted by Crippen LogP contribution is -2.36. The van der Waals surface area contributed by atoms with Gasteiger partial charge in [-0.25, -0.2) is 38.4 Å². The molecule has 8 atom stereocenters. The molecule has 0 spiro atoms. The molecule has 2 N–H and O–H groups in total. The summed E-state index contributed by atoms with van der Waals surface area (Å²) in [5.41, 5.74) is 2.27. The molecule has 0 aromatic heterocycles. The van der Waals surface area contributed by atoms with E-state index in [1.54, 1.807) is 34.6 Å². The molecule has 0 radical (unpaired) electrons. The number of carbonyl (C=O) groups excluding carboxylic acids is 10. The van der Waals surface area contributed by atoms with Gasteiger partial charge in [0.15, 0.2) is 0 Å². The van der Waals surface area contributed by atoms with Gasteiger partial charge >= 0.3 is 65.7 Å². The number of carboxylic acid groups (broad SMARTS) is 1. The Balaban J connectivity index is 0.000000859. The molecule has 0 aromatic rings. The number of aliphatic hydroxyl groups excluding tert-OH is 1. The summed E-state index contributed by atoms with van der Waals surface area (Å²) in [4.78, 5) is 118. The number of cyclic esters (lactones) is 3. The highest BCUT2D eigenvalue weighted by atomic mass is 16.7. The average Bonchev–Trinajstić information content (AvgIpc) is 4.20. The van der Waals surface area contributed by atoms with Crippen LogP contribution in [0.4, 0.5) is 0 Å². The summed E-state index contributed by atoms with van der Waals surface area (Å²) in [5.74, 6) is -4.23. The first-order valence-electron chi connectivity index (χ1n) is 22.6. The highest BCUT2D eigenvalue weighted by Gasteiger charge is 2.63. The molecule has 2 aliphatic carbocycles. The third-order valence-corrected chi connectivity index (χ3v) is 9.94. The summed E-state index contributed by atoms with van der Waals surface area (Å²) in [6.07, 6.45) is 0.820. The Labute approximate surface area is 429 Å². The van der Waals surface area contributed by atoms with Gasteiger partial charge in [-0.05, 0) is 61.3 Å². The highest BCUT2D eigenvalue weighted by molar-refractivity contribution is 5.90. The zero-order valence-electron chi connectivity index (χ0n) is 43.1. The van der Waals surface area contributed by atoms with Gasteiger partial charge in [0.05, 0.1) is 39.1 Å². The molecule has 0 amide bonds. The maximum Gasteiger partial charge on any atom is 0.347 e. The van der Waals surface area contributed by atoms with E-state index in [0.717, 1.165) is 12.8 Å². The molecule has 2 bridgehead atoms. The van der Waals surface area contributed by atoms with E-state index in [4.69, 9.17) is 33.9 Å². The second kappa shape index (κ2) is 33.1. The van der Waals surface area contributed by atoms with Crippen LogP contribution in [0.5, 0.6) is 0 Å². The molecule has 6 rings (SSSR count). The molecule has 4 saturated heterocycles. The number of rotatable bonds is 13. The normalized spacial score (nSPS) is 22.3. The molecule has 4 aliphatic heterocycles. The van der Waals surface area contributed by atoms with Crippen LogP contribution in [0.15, 0.2) is 85.1 Å². The minimum absolute atomic E-state index is 0.0473. The molecule has 0 aromatic carbocycles. The summed E-state index contributed by atoms with van der Waals surface area (Å²) < 4.78 is 47.6. The Bertz CT molecular complexity index is 2140. The van der Waals surface area contributed by atoms with E-state index in [1.165, 1.54) is 21.0 Å². The second-order valence-corrected chi connectivity index (χ2v) is 17.0. The zero-order chi connectivity index (χ0) is 57.2. The maximum atomic E-state index is 11.5. The molecule has 8 unspecified atom stereocenters. The fraction of sp³-hybridized carbons (Fsp3) is 0.510. The molecule has 4 heterocycles. The van der Waals surface area contributed by atoms with E-state index in [-0.39, 0.29) is 91.3 Å². The van der Waals surface area contributed by atoms with Crippen LogP contribution in [0.25, 0.3) is 0 Å². The average molecular weight is 1050 g/mol. The molecule has 6 fully saturated rings. The van der Waals surface area contributed by atoms with Crippen molar-refractivity contribution in [3.8, 4) is 0 Å². The monoisotopic (exact) mass is 1050 g/mol. The molecular formula is C51H68O23. The fourth-order valence-corrected chi connectivity index (χ4v) is 6.16. The zero-order valence-corrected chi connectivity index (χ0v) is 43.1. The summed E-state index contributed by atoms with van der Waals surface area (Å²) >= 11 is 0. The fourth-order valence-electron chi connectivity index (χ4n) is 6.16. The highest BCUT2D eigenvalue weighted by Crippen LogP contribution is 2.55. The van der Waals surface area contributed by atoms with Crippen molar-refractivity contribution in [3.63, 3.8) is 0 Å². The predicted octanol–water partition coefficient (Wildman–Crippen LogP) is 4.15. The Morgan fingerprint density at radius 3 is 1.49 bits per heavy atom. The standard InChI is InChI=1S/C12H14O4.3C8H10O4.C6H10O3.C5H8O2.C4H6O2/c1-5(2)11(13)15-9-6-3-7-8(4-6)12(14)16-10(7)9;1-5(2)8(10)12-6-3-7(9)11-4-6;1-5(2)7(9)12-6-3-4-11-8(6)10;1-5(2)8(10)12-7-4-3-6(9)11-7;1-5(2)6(8)9-4-3-7;1-4(2)5(6)7-3;1-3(2)4(5)6/h6-10H,1,3-4H2,2H3;2*6H,1,3-4H2,2H3;7H,1,3-4H2,2H3;7H,1,3-4H2,2H3;1H2,2-3H3;1H2,2H3,(H,5,6). The lowest BCUT2D eigenvalue weighted by Gasteiger charge is -2.25. The van der Waals surface area contributed by atoms with E-state index in [9.17, 15) is 52.7 Å². The number of hydrogen-bond donors (Lipinski definition) is 2. The number of aliphatic carboxylic acids is 1. The maximum absolute atomic E-state index is 11.5. The summed E-state index contributed by atoms with van der Waals surface area (Å²) in [6, 6.07) is 0. The Morgan fingerprint density at radius 2 is 1.09 bits per heavy atom. The first-order chi connectivity index (χ1) is 34.4. The van der Waals surface area contributed by atoms with Gasteiger partial charge in [0.1, 0.15) is 31.5 Å². The Hall–Kier alpha value is -7.69. The van der Waals surface area contributed by atoms with Crippen LogP contribution in [-0.4, -0.2) is 140 Å². The number of hydrogen-bond acceptors (Lipinski definition) is 22. The van der Waals surface area contributed by atoms with Gasteiger partial charge < -0.3 is 57.6 Å². The number of aliphatic hydroxyl groups is 1. The summed E-state index contributed by atoms with van der Waals surface area (Å²) in [7, 11) is 1.33. The topological polar surface area (TPSA) is 321 Å². The van der Waals surface area contributed by atoms with Crippen LogP contribution >= 0.6 is 0 Å². The van der Waals surface area contributed by atoms with Gasteiger partial charge in [-0.15, -0.1) is 0 Å². The van der Waals surface area contributed by atoms with Crippen LogP contribution in [0.2, 0.25) is 0 Å². The third kappa shape index (κ3) is 24.6. The minimum Gasteiger partial charge on any atom is -0.478 e. The Morgan fingerprint density at radius 1 is 0.595 bits per heavy atom. The van der Waals surface area contributed by atoms with E-state index in [1.807, 2.05) is 0 Å². The molecule has 410 valence electrons. The lowest BCUT2D eigenvalue weighted by atomic mass is 9.88. The van der Waals surface area contributed by atoms with Crippen LogP contribution in [0, 0.1) is 17.8 Å². The molecule has 2 saturated carbocycles. The van der Waals surface area contributed by atoms with Gasteiger partial charge in [-0.1, -0.05) is 46.1 Å². The van der Waals surface area contributed by atoms with Crippen LogP contribution in [-0.2, 0) is 100 Å². The second-order valence-electron chi connectivity index (χ2n) is 17.0. The van der Waals surface area contributed by atoms with Crippen molar-refractivity contribution in [2.24, 2.45) is 17.8 Å². The van der Waals surface area contributed by atoms with E-state index in [2.05, 4.69) is 69.7 Å². The van der Waals surface area contributed by atoms with Crippen molar-refractivity contribution >= 4 is 65.7 Å². The third-order valence-electron chi connectivity index (χ3n) is 9.94. The predicted molar refractivity (Wildman–Crippen MR) is 257 cm³/mol. The van der Waals surface area contributed by atoms with Gasteiger partial charge in [0.2, 0.25) is 12.4 Å². The smallest absolute Gasteiger partial charge is 0.347 e. The molecule has 23 heteroatoms. The largest absolute Gasteiger partial charge is 0.478 e. The summed E-state index contributed by atoms with van der Waals surface area (Å²) in [6.45, 7) is 34.9. The van der Waals surface area contributed by atoms with Crippen molar-refractivity contribution in [2.75, 3.05) is 33.5 Å². The van der Waals surface area contributed by atoms with Crippen molar-refractivity contribution in [2.45, 2.75) is 118 Å². The summed E-state index contributed by atoms with van der Waals surface area (Å²) in [5, 5.41) is 16.1. The number of esters is 10. The minimum atomic E-state index is -0.935. The molecule has 6 aliphatic rings. The van der Waals surface area contributed by atoms with Gasteiger partial charge in [-0.3, -0.25) is 14.4 Å². The number of methoxy groups -OCH3 is 1. The van der Waals surface area contributed by atoms with Crippen molar-refractivity contribution in [1.82, 2.24) is 0 Å². The van der Waals surface area contributed by atoms with Crippen LogP contribution < -0.4 is 0 Å². The number of fused-ring (bicyclic) bond motifs is 1. The number of carboxylic acids is 1. The van der Waals surface area contributed by atoms with Crippen LogP contribution in [0.3, 0.4) is 0 Å². The molecular weight excluding hydrogens is 981 g/mol.